The van der Waals surface area contributed by atoms with Crippen LogP contribution in [-0.2, 0) is 9.30 Å². The first-order valence-corrected chi connectivity index (χ1v) is 9.26. The van der Waals surface area contributed by atoms with Gasteiger partial charge in [-0.15, -0.1) is 0 Å². The third kappa shape index (κ3) is 6.43. The van der Waals surface area contributed by atoms with Crippen LogP contribution in [0, 0.1) is 13.8 Å². The Bertz CT molecular complexity index is 622. The van der Waals surface area contributed by atoms with Crippen LogP contribution in [0.4, 0.5) is 0 Å². The maximum absolute atomic E-state index is 10.8. The Hall–Kier alpha value is 0.270. The number of rotatable bonds is 5. The van der Waals surface area contributed by atoms with Crippen molar-refractivity contribution < 1.29 is 39.1 Å². The molecule has 1 aromatic carbocycles. The molecule has 0 aromatic heterocycles. The van der Waals surface area contributed by atoms with E-state index in [0.29, 0.717) is 5.75 Å². The van der Waals surface area contributed by atoms with Crippen molar-refractivity contribution in [1.82, 2.24) is 0 Å². The molecule has 2 rings (SSSR count). The van der Waals surface area contributed by atoms with Crippen molar-refractivity contribution in [1.29, 1.82) is 0 Å². The van der Waals surface area contributed by atoms with Crippen LogP contribution in [0.15, 0.2) is 18.2 Å². The van der Waals surface area contributed by atoms with Crippen molar-refractivity contribution >= 4 is 45.3 Å². The van der Waals surface area contributed by atoms with Crippen molar-refractivity contribution in [2.45, 2.75) is 51.0 Å². The molecule has 0 saturated carbocycles. The normalized spacial score (nSPS) is 29.8. The van der Waals surface area contributed by atoms with Gasteiger partial charge >= 0.3 is 37.7 Å². The third-order valence-electron chi connectivity index (χ3n) is 3.93. The molecule has 10 heteroatoms. The van der Waals surface area contributed by atoms with E-state index in [9.17, 15) is 29.7 Å². The number of aliphatic hydroxyl groups excluding tert-OH is 3. The van der Waals surface area contributed by atoms with Gasteiger partial charge in [-0.1, -0.05) is 25.3 Å². The van der Waals surface area contributed by atoms with E-state index in [1.807, 2.05) is 13.0 Å². The van der Waals surface area contributed by atoms with Crippen molar-refractivity contribution in [2.75, 3.05) is 6.16 Å². The number of aliphatic hydroxyl groups is 3. The van der Waals surface area contributed by atoms with E-state index in [1.54, 1.807) is 19.1 Å². The number of aryl methyl sites for hydroxylation is 2. The monoisotopic (exact) mass is 400 g/mol. The second-order valence-corrected chi connectivity index (χ2v) is 7.69. The Balaban J connectivity index is 0.00000312. The summed E-state index contributed by atoms with van der Waals surface area (Å²) in [5, 5.41) is 29.8. The molecule has 25 heavy (non-hydrogen) atoms. The van der Waals surface area contributed by atoms with Gasteiger partial charge < -0.3 is 39.1 Å². The van der Waals surface area contributed by atoms with Gasteiger partial charge in [-0.05, 0) is 38.1 Å². The molecule has 1 aliphatic rings. The molecule has 0 bridgehead atoms. The van der Waals surface area contributed by atoms with E-state index < -0.39 is 44.5 Å². The molecule has 8 nitrogen and oxygen atoms in total. The fourth-order valence-electron chi connectivity index (χ4n) is 2.59. The predicted octanol–water partition coefficient (Wildman–Crippen LogP) is -1.59. The first-order chi connectivity index (χ1) is 11.1. The van der Waals surface area contributed by atoms with E-state index in [1.165, 1.54) is 0 Å². The maximum Gasteiger partial charge on any atom is 2.00 e. The van der Waals surface area contributed by atoms with Crippen molar-refractivity contribution in [3.8, 4) is 5.75 Å². The van der Waals surface area contributed by atoms with Crippen LogP contribution in [0.1, 0.15) is 17.5 Å². The second-order valence-electron chi connectivity index (χ2n) is 6.02. The summed E-state index contributed by atoms with van der Waals surface area (Å²) < 4.78 is 21.7. The molecule has 0 unspecified atom stereocenters. The van der Waals surface area contributed by atoms with Crippen LogP contribution in [-0.4, -0.2) is 89.9 Å². The van der Waals surface area contributed by atoms with Crippen molar-refractivity contribution in [2.24, 2.45) is 0 Å². The molecule has 0 radical (unpaired) electrons. The molecule has 1 fully saturated rings. The van der Waals surface area contributed by atoms with E-state index >= 15 is 0 Å². The van der Waals surface area contributed by atoms with E-state index in [-0.39, 0.29) is 44.2 Å². The van der Waals surface area contributed by atoms with E-state index in [4.69, 9.17) is 9.47 Å². The minimum atomic E-state index is -4.77. The molecule has 1 saturated heterocycles. The molecule has 1 aromatic rings. The fourth-order valence-corrected chi connectivity index (χ4v) is 3.17. The van der Waals surface area contributed by atoms with E-state index in [2.05, 4.69) is 0 Å². The number of ether oxygens (including phenoxy) is 2. The minimum Gasteiger partial charge on any atom is -0.811 e. The summed E-state index contributed by atoms with van der Waals surface area (Å²) in [6.45, 7) is 3.70. The zero-order valence-electron chi connectivity index (χ0n) is 14.1. The van der Waals surface area contributed by atoms with Gasteiger partial charge in [-0.3, -0.25) is 0 Å². The topological polar surface area (TPSA) is 142 Å². The molecule has 136 valence electrons. The Morgan fingerprint density at radius 3 is 2.36 bits per heavy atom. The summed E-state index contributed by atoms with van der Waals surface area (Å²) >= 11 is 0. The predicted molar refractivity (Wildman–Crippen MR) is 86.1 cm³/mol. The van der Waals surface area contributed by atoms with Gasteiger partial charge in [0.25, 0.3) is 0 Å². The minimum absolute atomic E-state index is 0. The first-order valence-electron chi connectivity index (χ1n) is 7.53. The molecule has 0 spiro atoms. The van der Waals surface area contributed by atoms with Gasteiger partial charge in [-0.2, -0.15) is 0 Å². The van der Waals surface area contributed by atoms with Gasteiger partial charge in [-0.25, -0.2) is 0 Å². The van der Waals surface area contributed by atoms with Gasteiger partial charge in [0, 0.05) is 0 Å². The van der Waals surface area contributed by atoms with Crippen molar-refractivity contribution in [3.05, 3.63) is 29.3 Å². The van der Waals surface area contributed by atoms with Crippen LogP contribution < -0.4 is 14.5 Å². The molecule has 0 amide bonds. The number of hydrogen-bond acceptors (Lipinski definition) is 8. The van der Waals surface area contributed by atoms with Crippen LogP contribution in [0.2, 0.25) is 0 Å². The zero-order valence-corrected chi connectivity index (χ0v) is 17.2. The number of benzene rings is 1. The molecule has 0 aliphatic carbocycles. The summed E-state index contributed by atoms with van der Waals surface area (Å²) in [5.74, 6) is 0.422. The Morgan fingerprint density at radius 2 is 1.80 bits per heavy atom. The van der Waals surface area contributed by atoms with Gasteiger partial charge in [0.2, 0.25) is 6.29 Å². The van der Waals surface area contributed by atoms with E-state index in [0.717, 1.165) is 11.1 Å². The smallest absolute Gasteiger partial charge is 0.811 e. The Labute approximate surface area is 175 Å². The molecule has 1 aliphatic heterocycles. The summed E-state index contributed by atoms with van der Waals surface area (Å²) in [7, 11) is -4.77. The fraction of sp³-hybridized carbons (Fsp3) is 0.600. The average molecular weight is 400 g/mol. The van der Waals surface area contributed by atoms with Crippen molar-refractivity contribution in [3.63, 3.8) is 0 Å². The Kier molecular flexibility index (Phi) is 8.82. The quantitative estimate of drug-likeness (QED) is 0.397. The number of hydrogen-bond donors (Lipinski definition) is 3. The van der Waals surface area contributed by atoms with Gasteiger partial charge in [0.1, 0.15) is 24.1 Å². The Morgan fingerprint density at radius 1 is 1.16 bits per heavy atom. The summed E-state index contributed by atoms with van der Waals surface area (Å²) in [6, 6.07) is 5.33. The third-order valence-corrected chi connectivity index (χ3v) is 4.74. The molecular weight excluding hydrogens is 379 g/mol. The summed E-state index contributed by atoms with van der Waals surface area (Å²) in [5.41, 5.74) is 1.80. The summed E-state index contributed by atoms with van der Waals surface area (Å²) in [4.78, 5) is 21.5. The van der Waals surface area contributed by atoms with Gasteiger partial charge in [0.15, 0.2) is 0 Å². The first kappa shape index (κ1) is 23.3. The maximum atomic E-state index is 10.8. The average Bonchev–Trinajstić information content (AvgIpc) is 2.48. The van der Waals surface area contributed by atoms with Crippen LogP contribution >= 0.6 is 7.60 Å². The van der Waals surface area contributed by atoms with Gasteiger partial charge in [0.05, 0.1) is 6.10 Å². The molecule has 5 atom stereocenters. The zero-order chi connectivity index (χ0) is 18.1. The summed E-state index contributed by atoms with van der Waals surface area (Å²) in [6.07, 6.45) is -8.11. The largest absolute Gasteiger partial charge is 2.00 e. The van der Waals surface area contributed by atoms with Crippen LogP contribution in [0.5, 0.6) is 5.75 Å². The molecule has 3 N–H and O–H groups in total. The molecule has 1 heterocycles. The SMILES string of the molecule is Cc1ccc(O[C@H]2O[C@H](CCP(=O)([O-])[O-])[C@@H](O)[C@H](O)[C@@H]2O)c(C)c1.[Ca+2]. The standard InChI is InChI=1S/C15H23O8P.Ca/c1-8-3-4-10(9(2)7-8)22-15-14(18)13(17)12(16)11(23-15)5-6-24(19,20)21;/h3-4,7,11-18H,5-6H2,1-2H3,(H2,19,20,21);/q;+2/p-2/t11-,12-,13+,14+,15+;/m1./s1. The second kappa shape index (κ2) is 9.46. The van der Waals surface area contributed by atoms with Crippen LogP contribution in [0.3, 0.4) is 0 Å². The van der Waals surface area contributed by atoms with Crippen LogP contribution in [0.25, 0.3) is 0 Å². The molecular formula is C15H21CaO8P.